The van der Waals surface area contributed by atoms with Gasteiger partial charge in [0.25, 0.3) is 0 Å². The quantitative estimate of drug-likeness (QED) is 0.843. The number of imidazole rings is 1. The van der Waals surface area contributed by atoms with Crippen molar-refractivity contribution in [3.63, 3.8) is 0 Å². The summed E-state index contributed by atoms with van der Waals surface area (Å²) < 4.78 is 7.26. The van der Waals surface area contributed by atoms with Crippen LogP contribution in [-0.4, -0.2) is 38.2 Å². The van der Waals surface area contributed by atoms with Gasteiger partial charge in [0.05, 0.1) is 11.0 Å². The minimum Gasteiger partial charge on any atom is -0.444 e. The van der Waals surface area contributed by atoms with E-state index in [9.17, 15) is 9.59 Å². The number of H-pyrrole nitrogens is 1. The number of benzene rings is 1. The topological polar surface area (TPSA) is 67.3 Å². The van der Waals surface area contributed by atoms with Crippen molar-refractivity contribution >= 4 is 17.1 Å². The van der Waals surface area contributed by atoms with Crippen LogP contribution >= 0.6 is 0 Å². The van der Waals surface area contributed by atoms with Crippen molar-refractivity contribution in [3.05, 3.63) is 34.2 Å². The summed E-state index contributed by atoms with van der Waals surface area (Å²) in [7, 11) is 1.80. The highest BCUT2D eigenvalue weighted by Crippen LogP contribution is 2.40. The van der Waals surface area contributed by atoms with Gasteiger partial charge in [0.1, 0.15) is 5.60 Å². The Balaban J connectivity index is 1.89. The lowest BCUT2D eigenvalue weighted by Crippen LogP contribution is -2.53. The number of fused-ring (bicyclic) bond motifs is 1. The molecule has 26 heavy (non-hydrogen) atoms. The number of rotatable bonds is 1. The summed E-state index contributed by atoms with van der Waals surface area (Å²) >= 11 is 0. The van der Waals surface area contributed by atoms with Crippen LogP contribution in [-0.2, 0) is 11.8 Å². The molecule has 1 aliphatic heterocycles. The molecule has 1 fully saturated rings. The summed E-state index contributed by atoms with van der Waals surface area (Å²) in [4.78, 5) is 29.3. The number of piperidine rings is 1. The van der Waals surface area contributed by atoms with Crippen molar-refractivity contribution < 1.29 is 9.53 Å². The van der Waals surface area contributed by atoms with E-state index >= 15 is 0 Å². The molecule has 1 amide bonds. The average molecular weight is 359 g/mol. The van der Waals surface area contributed by atoms with Crippen LogP contribution in [0.2, 0.25) is 0 Å². The van der Waals surface area contributed by atoms with E-state index in [1.807, 2.05) is 37.8 Å². The smallest absolute Gasteiger partial charge is 0.410 e. The first-order chi connectivity index (χ1) is 12.0. The Bertz CT molecular complexity index is 886. The van der Waals surface area contributed by atoms with E-state index in [-0.39, 0.29) is 23.2 Å². The molecule has 142 valence electrons. The second-order valence-electron chi connectivity index (χ2n) is 8.87. The number of carbonyl (C=O) groups is 1. The van der Waals surface area contributed by atoms with Crippen molar-refractivity contribution in [3.8, 4) is 0 Å². The number of para-hydroxylation sites is 1. The zero-order valence-corrected chi connectivity index (χ0v) is 16.5. The number of likely N-dealkylation sites (tertiary alicyclic amines) is 1. The Hall–Kier alpha value is -2.24. The van der Waals surface area contributed by atoms with Gasteiger partial charge in [-0.05, 0) is 65.0 Å². The van der Waals surface area contributed by atoms with Crippen LogP contribution < -0.4 is 5.69 Å². The largest absolute Gasteiger partial charge is 0.444 e. The third kappa shape index (κ3) is 3.37. The van der Waals surface area contributed by atoms with Gasteiger partial charge < -0.3 is 14.6 Å². The molecule has 1 saturated heterocycles. The van der Waals surface area contributed by atoms with E-state index in [4.69, 9.17) is 4.74 Å². The molecular formula is C20H29N3O3. The van der Waals surface area contributed by atoms with Gasteiger partial charge in [0.15, 0.2) is 0 Å². The summed E-state index contributed by atoms with van der Waals surface area (Å²) in [6.07, 6.45) is 1.42. The second kappa shape index (κ2) is 6.18. The Morgan fingerprint density at radius 2 is 2.00 bits per heavy atom. The minimum atomic E-state index is -0.501. The minimum absolute atomic E-state index is 0.0992. The molecule has 3 rings (SSSR count). The third-order valence-electron chi connectivity index (χ3n) is 5.18. The average Bonchev–Trinajstić information content (AvgIpc) is 2.79. The normalized spacial score (nSPS) is 20.4. The molecule has 0 bridgehead atoms. The van der Waals surface area contributed by atoms with Gasteiger partial charge in [-0.25, -0.2) is 9.59 Å². The second-order valence-corrected chi connectivity index (χ2v) is 8.87. The standard InChI is InChI=1S/C20H29N3O3/c1-19(2,3)26-18(25)23-11-10-13(12-20(23,4)5)14-8-7-9-15-16(14)22(6)17(24)21-15/h7-9,13H,10-12H2,1-6H3,(H,21,24)/t13-/m1/s1. The summed E-state index contributed by atoms with van der Waals surface area (Å²) in [6.45, 7) is 10.5. The fourth-order valence-corrected chi connectivity index (χ4v) is 3.99. The fourth-order valence-electron chi connectivity index (χ4n) is 3.99. The van der Waals surface area contributed by atoms with Crippen molar-refractivity contribution in [2.24, 2.45) is 7.05 Å². The fraction of sp³-hybridized carbons (Fsp3) is 0.600. The summed E-state index contributed by atoms with van der Waals surface area (Å²) in [5.74, 6) is 0.286. The number of ether oxygens (including phenoxy) is 1. The Morgan fingerprint density at radius 3 is 2.62 bits per heavy atom. The third-order valence-corrected chi connectivity index (χ3v) is 5.18. The highest BCUT2D eigenvalue weighted by molar-refractivity contribution is 5.79. The van der Waals surface area contributed by atoms with E-state index in [1.54, 1.807) is 11.6 Å². The Labute approximate surface area is 154 Å². The van der Waals surface area contributed by atoms with Gasteiger partial charge in [-0.3, -0.25) is 4.57 Å². The number of aryl methyl sites for hydroxylation is 1. The number of hydrogen-bond acceptors (Lipinski definition) is 3. The lowest BCUT2D eigenvalue weighted by molar-refractivity contribution is -0.00926. The summed E-state index contributed by atoms with van der Waals surface area (Å²) in [5.41, 5.74) is 2.08. The molecule has 1 aromatic carbocycles. The van der Waals surface area contributed by atoms with Crippen molar-refractivity contribution in [2.45, 2.75) is 64.5 Å². The first-order valence-electron chi connectivity index (χ1n) is 9.18. The lowest BCUT2D eigenvalue weighted by atomic mass is 9.79. The van der Waals surface area contributed by atoms with Crippen LogP contribution in [0.15, 0.2) is 23.0 Å². The lowest BCUT2D eigenvalue weighted by Gasteiger charge is -2.45. The molecule has 2 heterocycles. The number of nitrogens with one attached hydrogen (secondary N) is 1. The molecular weight excluding hydrogens is 330 g/mol. The number of nitrogens with zero attached hydrogens (tertiary/aromatic N) is 2. The van der Waals surface area contributed by atoms with Gasteiger partial charge in [-0.2, -0.15) is 0 Å². The molecule has 6 nitrogen and oxygen atoms in total. The first-order valence-corrected chi connectivity index (χ1v) is 9.18. The van der Waals surface area contributed by atoms with Gasteiger partial charge in [0, 0.05) is 19.1 Å². The Morgan fingerprint density at radius 1 is 1.31 bits per heavy atom. The molecule has 0 aliphatic carbocycles. The molecule has 0 radical (unpaired) electrons. The van der Waals surface area contributed by atoms with E-state index in [0.29, 0.717) is 6.54 Å². The van der Waals surface area contributed by atoms with Crippen molar-refractivity contribution in [1.29, 1.82) is 0 Å². The Kier molecular flexibility index (Phi) is 4.41. The monoisotopic (exact) mass is 359 g/mol. The number of aromatic nitrogens is 2. The maximum Gasteiger partial charge on any atom is 0.410 e. The molecule has 0 spiro atoms. The predicted octanol–water partition coefficient (Wildman–Crippen LogP) is 3.76. The summed E-state index contributed by atoms with van der Waals surface area (Å²) in [5, 5.41) is 0. The van der Waals surface area contributed by atoms with Crippen molar-refractivity contribution in [2.75, 3.05) is 6.54 Å². The van der Waals surface area contributed by atoms with E-state index < -0.39 is 5.60 Å². The molecule has 1 aromatic heterocycles. The molecule has 1 N–H and O–H groups in total. The van der Waals surface area contributed by atoms with Gasteiger partial charge in [-0.1, -0.05) is 12.1 Å². The number of aromatic amines is 1. The maximum atomic E-state index is 12.6. The zero-order chi connectivity index (χ0) is 19.3. The van der Waals surface area contributed by atoms with Gasteiger partial charge in [-0.15, -0.1) is 0 Å². The van der Waals surface area contributed by atoms with Crippen LogP contribution in [0, 0.1) is 0 Å². The molecule has 0 unspecified atom stereocenters. The maximum absolute atomic E-state index is 12.6. The molecule has 1 atom stereocenters. The van der Waals surface area contributed by atoms with E-state index in [0.717, 1.165) is 23.9 Å². The molecule has 6 heteroatoms. The van der Waals surface area contributed by atoms with Crippen LogP contribution in [0.25, 0.3) is 11.0 Å². The summed E-state index contributed by atoms with van der Waals surface area (Å²) in [6, 6.07) is 6.02. The highest BCUT2D eigenvalue weighted by atomic mass is 16.6. The highest BCUT2D eigenvalue weighted by Gasteiger charge is 2.40. The number of hydrogen-bond donors (Lipinski definition) is 1. The SMILES string of the molecule is Cn1c(=O)[nH]c2cccc([C@@H]3CCN(C(=O)OC(C)(C)C)C(C)(C)C3)c21. The number of carbonyl (C=O) groups excluding carboxylic acids is 1. The van der Waals surface area contributed by atoms with Crippen molar-refractivity contribution in [1.82, 2.24) is 14.5 Å². The van der Waals surface area contributed by atoms with Gasteiger partial charge >= 0.3 is 11.8 Å². The van der Waals surface area contributed by atoms with Gasteiger partial charge in [0.2, 0.25) is 0 Å². The van der Waals surface area contributed by atoms with E-state index in [1.165, 1.54) is 5.56 Å². The van der Waals surface area contributed by atoms with Crippen LogP contribution in [0.4, 0.5) is 4.79 Å². The van der Waals surface area contributed by atoms with Crippen LogP contribution in [0.5, 0.6) is 0 Å². The first kappa shape index (κ1) is 18.5. The molecule has 2 aromatic rings. The molecule has 1 aliphatic rings. The zero-order valence-electron chi connectivity index (χ0n) is 16.5. The van der Waals surface area contributed by atoms with Crippen LogP contribution in [0.3, 0.4) is 0 Å². The molecule has 0 saturated carbocycles. The van der Waals surface area contributed by atoms with Crippen LogP contribution in [0.1, 0.15) is 58.9 Å². The predicted molar refractivity (Wildman–Crippen MR) is 103 cm³/mol. The van der Waals surface area contributed by atoms with E-state index in [2.05, 4.69) is 24.9 Å². The number of amides is 1.